The van der Waals surface area contributed by atoms with Crippen molar-refractivity contribution in [3.05, 3.63) is 0 Å². The van der Waals surface area contributed by atoms with Gasteiger partial charge in [-0.1, -0.05) is 13.8 Å². The Morgan fingerprint density at radius 1 is 0.938 bits per heavy atom. The van der Waals surface area contributed by atoms with E-state index in [0.717, 1.165) is 13.0 Å². The van der Waals surface area contributed by atoms with E-state index in [1.165, 1.54) is 0 Å². The molecule has 2 atom stereocenters. The summed E-state index contributed by atoms with van der Waals surface area (Å²) < 4.78 is 12.2. The molecule has 0 bridgehead atoms. The average molecular weight is 263 g/mol. The van der Waals surface area contributed by atoms with Gasteiger partial charge in [0.05, 0.1) is 0 Å². The zero-order valence-electron chi connectivity index (χ0n) is 12.4. The highest BCUT2D eigenvalue weighted by atomic mass is 28.4. The first-order valence-corrected chi connectivity index (χ1v) is 13.2. The molecule has 0 N–H and O–H groups in total. The predicted molar refractivity (Wildman–Crippen MR) is 77.0 cm³/mol. The highest BCUT2D eigenvalue weighted by molar-refractivity contribution is 6.70. The molecule has 2 unspecified atom stereocenters. The maximum absolute atomic E-state index is 6.19. The van der Waals surface area contributed by atoms with Gasteiger partial charge in [-0.25, -0.2) is 0 Å². The molecule has 0 rings (SSSR count). The third kappa shape index (κ3) is 8.50. The van der Waals surface area contributed by atoms with Gasteiger partial charge in [-0.15, -0.1) is 0 Å². The summed E-state index contributed by atoms with van der Waals surface area (Å²) in [5.74, 6) is 0.503. The second-order valence-corrected chi connectivity index (χ2v) is 15.6. The van der Waals surface area contributed by atoms with Crippen LogP contribution in [0.1, 0.15) is 20.3 Å². The Balaban J connectivity index is 4.16. The van der Waals surface area contributed by atoms with E-state index < -0.39 is 16.6 Å². The molecule has 16 heavy (non-hydrogen) atoms. The van der Waals surface area contributed by atoms with E-state index in [0.29, 0.717) is 12.0 Å². The SMILES string of the molecule is CCC(O[Si](C)(C)C)C(C)CO[Si](C)(C)C. The average Bonchev–Trinajstić information content (AvgIpc) is 2.07. The van der Waals surface area contributed by atoms with Gasteiger partial charge >= 0.3 is 0 Å². The molecule has 0 saturated heterocycles. The Morgan fingerprint density at radius 2 is 1.44 bits per heavy atom. The van der Waals surface area contributed by atoms with E-state index in [2.05, 4.69) is 53.1 Å². The molecule has 98 valence electrons. The topological polar surface area (TPSA) is 18.5 Å². The van der Waals surface area contributed by atoms with Crippen molar-refractivity contribution in [2.75, 3.05) is 6.61 Å². The van der Waals surface area contributed by atoms with Crippen LogP contribution in [0, 0.1) is 5.92 Å². The monoisotopic (exact) mass is 262 g/mol. The Morgan fingerprint density at radius 3 is 1.75 bits per heavy atom. The molecule has 0 heterocycles. The number of rotatable bonds is 7. The van der Waals surface area contributed by atoms with Crippen LogP contribution in [0.5, 0.6) is 0 Å². The second-order valence-electron chi connectivity index (χ2n) is 6.58. The smallest absolute Gasteiger partial charge is 0.184 e. The van der Waals surface area contributed by atoms with E-state index in [1.54, 1.807) is 0 Å². The number of hydrogen-bond acceptors (Lipinski definition) is 2. The normalized spacial score (nSPS) is 17.2. The third-order valence-corrected chi connectivity index (χ3v) is 4.36. The zero-order valence-corrected chi connectivity index (χ0v) is 14.4. The molecule has 0 spiro atoms. The molecule has 0 aliphatic carbocycles. The highest BCUT2D eigenvalue weighted by Crippen LogP contribution is 2.19. The summed E-state index contributed by atoms with van der Waals surface area (Å²) in [4.78, 5) is 0. The molecule has 0 fully saturated rings. The first-order chi connectivity index (χ1) is 7.05. The summed E-state index contributed by atoms with van der Waals surface area (Å²) in [5, 5.41) is 0. The molecular weight excluding hydrogens is 232 g/mol. The van der Waals surface area contributed by atoms with Crippen LogP contribution in [0.4, 0.5) is 0 Å². The fraction of sp³-hybridized carbons (Fsp3) is 1.00. The maximum atomic E-state index is 6.19. The van der Waals surface area contributed by atoms with Crippen molar-refractivity contribution >= 4 is 16.6 Å². The minimum absolute atomic E-state index is 0.364. The van der Waals surface area contributed by atoms with E-state index in [1.807, 2.05) is 0 Å². The van der Waals surface area contributed by atoms with Crippen LogP contribution < -0.4 is 0 Å². The van der Waals surface area contributed by atoms with Gasteiger partial charge in [-0.05, 0) is 45.7 Å². The minimum atomic E-state index is -1.42. The van der Waals surface area contributed by atoms with Gasteiger partial charge in [0, 0.05) is 18.6 Å². The van der Waals surface area contributed by atoms with Crippen molar-refractivity contribution in [1.82, 2.24) is 0 Å². The third-order valence-electron chi connectivity index (χ3n) is 2.32. The van der Waals surface area contributed by atoms with Crippen LogP contribution in [0.3, 0.4) is 0 Å². The fourth-order valence-corrected chi connectivity index (χ4v) is 3.61. The van der Waals surface area contributed by atoms with Crippen LogP contribution in [0.15, 0.2) is 0 Å². The highest BCUT2D eigenvalue weighted by Gasteiger charge is 2.25. The molecule has 0 saturated carbocycles. The lowest BCUT2D eigenvalue weighted by atomic mass is 10.0. The Bertz CT molecular complexity index is 194. The Hall–Kier alpha value is 0.354. The largest absolute Gasteiger partial charge is 0.417 e. The van der Waals surface area contributed by atoms with E-state index >= 15 is 0 Å². The first kappa shape index (κ1) is 16.4. The predicted octanol–water partition coefficient (Wildman–Crippen LogP) is 4.10. The summed E-state index contributed by atoms with van der Waals surface area (Å²) in [6, 6.07) is 0. The molecule has 0 radical (unpaired) electrons. The van der Waals surface area contributed by atoms with Crippen molar-refractivity contribution < 1.29 is 8.85 Å². The van der Waals surface area contributed by atoms with Gasteiger partial charge in [0.1, 0.15) is 0 Å². The van der Waals surface area contributed by atoms with E-state index in [4.69, 9.17) is 8.85 Å². The van der Waals surface area contributed by atoms with Crippen molar-refractivity contribution in [2.24, 2.45) is 5.92 Å². The van der Waals surface area contributed by atoms with Gasteiger partial charge in [0.15, 0.2) is 16.6 Å². The quantitative estimate of drug-likeness (QED) is 0.643. The lowest BCUT2D eigenvalue weighted by molar-refractivity contribution is 0.0939. The van der Waals surface area contributed by atoms with Gasteiger partial charge in [0.25, 0.3) is 0 Å². The summed E-state index contributed by atoms with van der Waals surface area (Å²) >= 11 is 0. The molecule has 2 nitrogen and oxygen atoms in total. The number of hydrogen-bond donors (Lipinski definition) is 0. The lowest BCUT2D eigenvalue weighted by Crippen LogP contribution is -2.38. The van der Waals surface area contributed by atoms with Crippen molar-refractivity contribution in [3.63, 3.8) is 0 Å². The van der Waals surface area contributed by atoms with Crippen LogP contribution >= 0.6 is 0 Å². The van der Waals surface area contributed by atoms with Crippen molar-refractivity contribution in [3.8, 4) is 0 Å². The fourth-order valence-electron chi connectivity index (χ4n) is 1.54. The van der Waals surface area contributed by atoms with E-state index in [9.17, 15) is 0 Å². The van der Waals surface area contributed by atoms with Crippen molar-refractivity contribution in [1.29, 1.82) is 0 Å². The summed E-state index contributed by atoms with van der Waals surface area (Å²) in [6.45, 7) is 18.8. The summed E-state index contributed by atoms with van der Waals surface area (Å²) in [6.07, 6.45) is 1.45. The molecule has 0 aromatic rings. The first-order valence-electron chi connectivity index (χ1n) is 6.37. The minimum Gasteiger partial charge on any atom is -0.417 e. The molecule has 0 aliphatic heterocycles. The van der Waals surface area contributed by atoms with Gasteiger partial charge < -0.3 is 8.85 Å². The Kier molecular flexibility index (Phi) is 6.47. The standard InChI is InChI=1S/C12H30O2Si2/c1-9-12(14-16(6,7)8)11(2)10-13-15(3,4)5/h11-12H,9-10H2,1-8H3. The van der Waals surface area contributed by atoms with Crippen LogP contribution in [-0.4, -0.2) is 29.3 Å². The maximum Gasteiger partial charge on any atom is 0.184 e. The summed E-state index contributed by atoms with van der Waals surface area (Å²) in [5.41, 5.74) is 0. The van der Waals surface area contributed by atoms with Gasteiger partial charge in [-0.3, -0.25) is 0 Å². The molecule has 0 aromatic carbocycles. The van der Waals surface area contributed by atoms with Gasteiger partial charge in [0.2, 0.25) is 0 Å². The molecule has 0 amide bonds. The van der Waals surface area contributed by atoms with E-state index in [-0.39, 0.29) is 0 Å². The van der Waals surface area contributed by atoms with Gasteiger partial charge in [-0.2, -0.15) is 0 Å². The van der Waals surface area contributed by atoms with Crippen LogP contribution in [-0.2, 0) is 8.85 Å². The van der Waals surface area contributed by atoms with Crippen LogP contribution in [0.25, 0.3) is 0 Å². The molecule has 0 aliphatic rings. The van der Waals surface area contributed by atoms with Crippen LogP contribution in [0.2, 0.25) is 39.3 Å². The Labute approximate surface area is 104 Å². The van der Waals surface area contributed by atoms with Crippen molar-refractivity contribution in [2.45, 2.75) is 65.7 Å². The zero-order chi connectivity index (χ0) is 13.0. The lowest BCUT2D eigenvalue weighted by Gasteiger charge is -2.31. The second kappa shape index (κ2) is 6.33. The summed E-state index contributed by atoms with van der Waals surface area (Å²) in [7, 11) is -2.80. The molecular formula is C12H30O2Si2. The molecule has 4 heteroatoms. The molecule has 0 aromatic heterocycles.